The Hall–Kier alpha value is -0.810. The van der Waals surface area contributed by atoms with Gasteiger partial charge >= 0.3 is 0 Å². The minimum absolute atomic E-state index is 0.594. The minimum Gasteiger partial charge on any atom is -0.491 e. The average Bonchev–Trinajstić information content (AvgIpc) is 2.43. The van der Waals surface area contributed by atoms with E-state index in [1.807, 2.05) is 24.3 Å². The topological polar surface area (TPSA) is 30.9 Å². The summed E-state index contributed by atoms with van der Waals surface area (Å²) in [4.78, 5) is 2.24. The molecule has 19 heavy (non-hydrogen) atoms. The predicted octanol–water partition coefficient (Wildman–Crippen LogP) is 2.31. The third-order valence-corrected chi connectivity index (χ3v) is 3.04. The smallest absolute Gasteiger partial charge is 0.137 e. The van der Waals surface area contributed by atoms with E-state index in [2.05, 4.69) is 4.90 Å². The molecule has 0 aromatic heterocycles. The molecule has 0 aliphatic carbocycles. The Kier molecular flexibility index (Phi) is 8.58. The molecule has 0 saturated heterocycles. The number of ether oxygens (including phenoxy) is 3. The zero-order valence-corrected chi connectivity index (χ0v) is 12.4. The molecule has 0 N–H and O–H groups in total. The van der Waals surface area contributed by atoms with Crippen LogP contribution in [0.5, 0.6) is 5.75 Å². The first-order valence-electron chi connectivity index (χ1n) is 6.35. The molecule has 108 valence electrons. The quantitative estimate of drug-likeness (QED) is 0.661. The van der Waals surface area contributed by atoms with Crippen LogP contribution in [0.1, 0.15) is 0 Å². The Balaban J connectivity index is 2.32. The molecule has 0 aliphatic rings. The van der Waals surface area contributed by atoms with Crippen LogP contribution in [0.3, 0.4) is 0 Å². The molecule has 0 atom stereocenters. The number of halogens is 1. The van der Waals surface area contributed by atoms with E-state index in [9.17, 15) is 0 Å². The summed E-state index contributed by atoms with van der Waals surface area (Å²) in [5.41, 5.74) is 0. The molecule has 0 heterocycles. The van der Waals surface area contributed by atoms with Crippen molar-refractivity contribution in [1.82, 2.24) is 4.90 Å². The van der Waals surface area contributed by atoms with E-state index >= 15 is 0 Å². The van der Waals surface area contributed by atoms with Crippen molar-refractivity contribution in [3.05, 3.63) is 29.3 Å². The Labute approximate surface area is 120 Å². The molecule has 1 aromatic rings. The third kappa shape index (κ3) is 6.78. The van der Waals surface area contributed by atoms with Gasteiger partial charge in [-0.25, -0.2) is 0 Å². The van der Waals surface area contributed by atoms with Gasteiger partial charge in [0.15, 0.2) is 0 Å². The molecule has 4 nitrogen and oxygen atoms in total. The SMILES string of the molecule is COCCN(CCOC)CCOc1ccccc1Cl. The summed E-state index contributed by atoms with van der Waals surface area (Å²) in [5, 5.41) is 0.642. The van der Waals surface area contributed by atoms with Gasteiger partial charge in [0.2, 0.25) is 0 Å². The summed E-state index contributed by atoms with van der Waals surface area (Å²) in [7, 11) is 3.41. The molecule has 1 aromatic carbocycles. The highest BCUT2D eigenvalue weighted by molar-refractivity contribution is 6.32. The fourth-order valence-electron chi connectivity index (χ4n) is 1.62. The van der Waals surface area contributed by atoms with Gasteiger partial charge in [-0.15, -0.1) is 0 Å². The van der Waals surface area contributed by atoms with Gasteiger partial charge in [0.25, 0.3) is 0 Å². The molecular formula is C14H22ClNO3. The molecule has 0 aliphatic heterocycles. The number of para-hydroxylation sites is 1. The Morgan fingerprint density at radius 1 is 0.947 bits per heavy atom. The van der Waals surface area contributed by atoms with Crippen LogP contribution in [-0.4, -0.2) is 58.6 Å². The van der Waals surface area contributed by atoms with E-state index in [1.165, 1.54) is 0 Å². The molecule has 0 radical (unpaired) electrons. The fraction of sp³-hybridized carbons (Fsp3) is 0.571. The van der Waals surface area contributed by atoms with Crippen molar-refractivity contribution < 1.29 is 14.2 Å². The van der Waals surface area contributed by atoms with Crippen LogP contribution in [-0.2, 0) is 9.47 Å². The van der Waals surface area contributed by atoms with Gasteiger partial charge in [0, 0.05) is 33.9 Å². The monoisotopic (exact) mass is 287 g/mol. The van der Waals surface area contributed by atoms with Gasteiger partial charge in [-0.3, -0.25) is 4.90 Å². The number of hydrogen-bond acceptors (Lipinski definition) is 4. The maximum Gasteiger partial charge on any atom is 0.137 e. The van der Waals surface area contributed by atoms with Crippen LogP contribution >= 0.6 is 11.6 Å². The van der Waals surface area contributed by atoms with E-state index in [0.717, 1.165) is 25.4 Å². The van der Waals surface area contributed by atoms with Crippen LogP contribution < -0.4 is 4.74 Å². The molecule has 0 spiro atoms. The van der Waals surface area contributed by atoms with Crippen LogP contribution in [0.25, 0.3) is 0 Å². The highest BCUT2D eigenvalue weighted by Gasteiger charge is 2.05. The van der Waals surface area contributed by atoms with Gasteiger partial charge < -0.3 is 14.2 Å². The molecular weight excluding hydrogens is 266 g/mol. The first-order valence-corrected chi connectivity index (χ1v) is 6.73. The van der Waals surface area contributed by atoms with Crippen molar-refractivity contribution in [1.29, 1.82) is 0 Å². The highest BCUT2D eigenvalue weighted by Crippen LogP contribution is 2.22. The Morgan fingerprint density at radius 3 is 2.11 bits per heavy atom. The van der Waals surface area contributed by atoms with Crippen LogP contribution in [0.2, 0.25) is 5.02 Å². The largest absolute Gasteiger partial charge is 0.491 e. The van der Waals surface area contributed by atoms with Gasteiger partial charge in [-0.05, 0) is 12.1 Å². The maximum atomic E-state index is 6.03. The summed E-state index contributed by atoms with van der Waals surface area (Å²) in [6.45, 7) is 4.55. The Bertz CT molecular complexity index is 341. The van der Waals surface area contributed by atoms with Crippen molar-refractivity contribution in [2.75, 3.05) is 53.7 Å². The van der Waals surface area contributed by atoms with E-state index in [4.69, 9.17) is 25.8 Å². The Morgan fingerprint density at radius 2 is 1.53 bits per heavy atom. The fourth-order valence-corrected chi connectivity index (χ4v) is 1.81. The normalized spacial score (nSPS) is 10.9. The van der Waals surface area contributed by atoms with Crippen molar-refractivity contribution in [3.8, 4) is 5.75 Å². The molecule has 5 heteroatoms. The lowest BCUT2D eigenvalue weighted by molar-refractivity contribution is 0.104. The van der Waals surface area contributed by atoms with E-state index in [-0.39, 0.29) is 0 Å². The number of rotatable bonds is 10. The van der Waals surface area contributed by atoms with Crippen LogP contribution in [0, 0.1) is 0 Å². The second-order valence-corrected chi connectivity index (χ2v) is 4.51. The van der Waals surface area contributed by atoms with Crippen molar-refractivity contribution in [2.24, 2.45) is 0 Å². The predicted molar refractivity (Wildman–Crippen MR) is 77.1 cm³/mol. The second-order valence-electron chi connectivity index (χ2n) is 4.11. The molecule has 1 rings (SSSR count). The van der Waals surface area contributed by atoms with Gasteiger partial charge in [-0.2, -0.15) is 0 Å². The van der Waals surface area contributed by atoms with E-state index < -0.39 is 0 Å². The maximum absolute atomic E-state index is 6.03. The van der Waals surface area contributed by atoms with Gasteiger partial charge in [0.05, 0.1) is 18.2 Å². The molecule has 0 amide bonds. The number of benzene rings is 1. The molecule has 0 saturated carbocycles. The van der Waals surface area contributed by atoms with Gasteiger partial charge in [-0.1, -0.05) is 23.7 Å². The van der Waals surface area contributed by atoms with E-state index in [1.54, 1.807) is 14.2 Å². The van der Waals surface area contributed by atoms with Crippen molar-refractivity contribution in [2.45, 2.75) is 0 Å². The van der Waals surface area contributed by atoms with Crippen molar-refractivity contribution >= 4 is 11.6 Å². The first kappa shape index (κ1) is 16.2. The lowest BCUT2D eigenvalue weighted by Gasteiger charge is -2.21. The summed E-state index contributed by atoms with van der Waals surface area (Å²) < 4.78 is 15.9. The summed E-state index contributed by atoms with van der Waals surface area (Å²) in [5.74, 6) is 0.725. The van der Waals surface area contributed by atoms with Gasteiger partial charge in [0.1, 0.15) is 12.4 Å². The lowest BCUT2D eigenvalue weighted by atomic mass is 10.3. The number of nitrogens with zero attached hydrogens (tertiary/aromatic N) is 1. The molecule has 0 fully saturated rings. The minimum atomic E-state index is 0.594. The first-order chi connectivity index (χ1) is 9.27. The van der Waals surface area contributed by atoms with Crippen molar-refractivity contribution in [3.63, 3.8) is 0 Å². The van der Waals surface area contributed by atoms with Crippen LogP contribution in [0.15, 0.2) is 24.3 Å². The molecule has 0 unspecified atom stereocenters. The van der Waals surface area contributed by atoms with Crippen LogP contribution in [0.4, 0.5) is 0 Å². The number of methoxy groups -OCH3 is 2. The standard InChI is InChI=1S/C14H22ClNO3/c1-17-10-7-16(8-11-18-2)9-12-19-14-6-4-3-5-13(14)15/h3-6H,7-12H2,1-2H3. The lowest BCUT2D eigenvalue weighted by Crippen LogP contribution is -2.34. The summed E-state index contributed by atoms with van der Waals surface area (Å²) >= 11 is 6.03. The average molecular weight is 288 g/mol. The highest BCUT2D eigenvalue weighted by atomic mass is 35.5. The second kappa shape index (κ2) is 10.0. The number of hydrogen-bond donors (Lipinski definition) is 0. The summed E-state index contributed by atoms with van der Waals surface area (Å²) in [6.07, 6.45) is 0. The summed E-state index contributed by atoms with van der Waals surface area (Å²) in [6, 6.07) is 7.50. The van der Waals surface area contributed by atoms with E-state index in [0.29, 0.717) is 24.8 Å². The zero-order valence-electron chi connectivity index (χ0n) is 11.6. The molecule has 0 bridgehead atoms. The zero-order chi connectivity index (χ0) is 13.9. The third-order valence-electron chi connectivity index (χ3n) is 2.73.